The Morgan fingerprint density at radius 2 is 2.00 bits per heavy atom. The summed E-state index contributed by atoms with van der Waals surface area (Å²) < 4.78 is 6.10. The predicted molar refractivity (Wildman–Crippen MR) is 102 cm³/mol. The highest BCUT2D eigenvalue weighted by atomic mass is 32.1. The van der Waals surface area contributed by atoms with Crippen molar-refractivity contribution in [3.63, 3.8) is 0 Å². The van der Waals surface area contributed by atoms with Gasteiger partial charge in [-0.2, -0.15) is 0 Å². The molecule has 138 valence electrons. The fourth-order valence-electron chi connectivity index (χ4n) is 4.74. The summed E-state index contributed by atoms with van der Waals surface area (Å²) in [6, 6.07) is 0. The lowest BCUT2D eigenvalue weighted by atomic mass is 9.82. The summed E-state index contributed by atoms with van der Waals surface area (Å²) in [4.78, 5) is 13.5. The molecule has 4 unspecified atom stereocenters. The number of nitrogens with zero attached hydrogens (tertiary/aromatic N) is 3. The van der Waals surface area contributed by atoms with Gasteiger partial charge in [0.25, 0.3) is 0 Å². The summed E-state index contributed by atoms with van der Waals surface area (Å²) in [6.45, 7) is 10.4. The molecule has 4 rings (SSSR count). The van der Waals surface area contributed by atoms with Crippen molar-refractivity contribution in [1.29, 1.82) is 0 Å². The summed E-state index contributed by atoms with van der Waals surface area (Å²) in [7, 11) is 0. The van der Waals surface area contributed by atoms with Crippen molar-refractivity contribution < 1.29 is 4.74 Å². The van der Waals surface area contributed by atoms with Gasteiger partial charge in [-0.05, 0) is 33.1 Å². The minimum Gasteiger partial charge on any atom is -0.374 e. The summed E-state index contributed by atoms with van der Waals surface area (Å²) >= 11 is 1.83. The van der Waals surface area contributed by atoms with Crippen molar-refractivity contribution in [3.8, 4) is 0 Å². The molecule has 25 heavy (non-hydrogen) atoms. The minimum absolute atomic E-state index is 0.508. The van der Waals surface area contributed by atoms with Crippen LogP contribution in [0.4, 0.5) is 0 Å². The highest BCUT2D eigenvalue weighted by Crippen LogP contribution is 2.47. The number of hydrogen-bond acceptors (Lipinski definition) is 4. The number of aromatic nitrogens is 1. The zero-order valence-electron chi connectivity index (χ0n) is 15.6. The molecule has 1 aromatic rings. The first kappa shape index (κ1) is 17.3. The van der Waals surface area contributed by atoms with E-state index in [9.17, 15) is 0 Å². The van der Waals surface area contributed by atoms with E-state index in [4.69, 9.17) is 14.7 Å². The average Bonchev–Trinajstić information content (AvgIpc) is 3.35. The smallest absolute Gasteiger partial charge is 0.193 e. The molecule has 0 amide bonds. The van der Waals surface area contributed by atoms with Crippen molar-refractivity contribution in [2.75, 3.05) is 26.2 Å². The zero-order valence-corrected chi connectivity index (χ0v) is 16.4. The maximum Gasteiger partial charge on any atom is 0.193 e. The number of aliphatic imine (C=N–C) groups is 1. The highest BCUT2D eigenvalue weighted by molar-refractivity contribution is 7.11. The standard InChI is InChI=1S/C19H30N4OS/c1-4-15-12(3)25-18(22-15)8-9-21-19(20-5-2)23-10-13-14(11-23)17-7-6-16(13)24-17/h13-14,16-17H,4-11H2,1-3H3,(H,20,21). The van der Waals surface area contributed by atoms with Crippen LogP contribution in [0.2, 0.25) is 0 Å². The third-order valence-electron chi connectivity index (χ3n) is 5.95. The molecule has 1 N–H and O–H groups in total. The quantitative estimate of drug-likeness (QED) is 0.646. The van der Waals surface area contributed by atoms with Crippen molar-refractivity contribution in [3.05, 3.63) is 15.6 Å². The third-order valence-corrected chi connectivity index (χ3v) is 7.02. The van der Waals surface area contributed by atoms with Crippen LogP contribution in [0.1, 0.15) is 42.3 Å². The lowest BCUT2D eigenvalue weighted by Crippen LogP contribution is -2.41. The van der Waals surface area contributed by atoms with E-state index in [1.54, 1.807) is 0 Å². The summed E-state index contributed by atoms with van der Waals surface area (Å²) in [5.74, 6) is 2.52. The van der Waals surface area contributed by atoms with Gasteiger partial charge in [0.2, 0.25) is 0 Å². The predicted octanol–water partition coefficient (Wildman–Crippen LogP) is 2.63. The van der Waals surface area contributed by atoms with E-state index >= 15 is 0 Å². The zero-order chi connectivity index (χ0) is 17.4. The molecule has 0 spiro atoms. The number of likely N-dealkylation sites (tertiary alicyclic amines) is 1. The molecule has 1 aromatic heterocycles. The van der Waals surface area contributed by atoms with Gasteiger partial charge in [-0.25, -0.2) is 4.98 Å². The number of thiazole rings is 1. The largest absolute Gasteiger partial charge is 0.374 e. The molecule has 5 nitrogen and oxygen atoms in total. The van der Waals surface area contributed by atoms with Gasteiger partial charge in [-0.1, -0.05) is 6.92 Å². The van der Waals surface area contributed by atoms with Gasteiger partial charge >= 0.3 is 0 Å². The van der Waals surface area contributed by atoms with Crippen LogP contribution in [0.5, 0.6) is 0 Å². The molecule has 6 heteroatoms. The van der Waals surface area contributed by atoms with Gasteiger partial charge in [-0.3, -0.25) is 4.99 Å². The number of hydrogen-bond donors (Lipinski definition) is 1. The topological polar surface area (TPSA) is 49.8 Å². The van der Waals surface area contributed by atoms with Gasteiger partial charge in [0.05, 0.1) is 22.9 Å². The molecule has 3 saturated heterocycles. The van der Waals surface area contributed by atoms with E-state index in [1.807, 2.05) is 11.3 Å². The van der Waals surface area contributed by atoms with E-state index < -0.39 is 0 Å². The van der Waals surface area contributed by atoms with E-state index in [-0.39, 0.29) is 0 Å². The molecule has 4 atom stereocenters. The van der Waals surface area contributed by atoms with E-state index in [1.165, 1.54) is 28.4 Å². The first-order chi connectivity index (χ1) is 12.2. The molecular formula is C19H30N4OS. The van der Waals surface area contributed by atoms with Crippen molar-refractivity contribution >= 4 is 17.3 Å². The Kier molecular flexibility index (Phi) is 5.00. The molecule has 4 heterocycles. The van der Waals surface area contributed by atoms with Crippen LogP contribution in [0, 0.1) is 18.8 Å². The fraction of sp³-hybridized carbons (Fsp3) is 0.789. The molecule has 0 aromatic carbocycles. The van der Waals surface area contributed by atoms with Gasteiger partial charge < -0.3 is 15.0 Å². The number of ether oxygens (including phenoxy) is 1. The molecule has 3 fully saturated rings. The third kappa shape index (κ3) is 3.31. The van der Waals surface area contributed by atoms with Gasteiger partial charge in [-0.15, -0.1) is 11.3 Å². The highest BCUT2D eigenvalue weighted by Gasteiger charge is 2.53. The fourth-order valence-corrected chi connectivity index (χ4v) is 5.75. The monoisotopic (exact) mass is 362 g/mol. The Hall–Kier alpha value is -1.14. The van der Waals surface area contributed by atoms with Gasteiger partial charge in [0.1, 0.15) is 0 Å². The molecule has 0 saturated carbocycles. The van der Waals surface area contributed by atoms with Crippen LogP contribution in [0.25, 0.3) is 0 Å². The maximum atomic E-state index is 6.10. The first-order valence-electron chi connectivity index (χ1n) is 9.83. The Labute approximate surface area is 154 Å². The Balaban J connectivity index is 1.38. The lowest BCUT2D eigenvalue weighted by molar-refractivity contribution is 0.0767. The molecule has 0 aliphatic carbocycles. The number of fused-ring (bicyclic) bond motifs is 5. The van der Waals surface area contributed by atoms with Crippen molar-refractivity contribution in [1.82, 2.24) is 15.2 Å². The second kappa shape index (κ2) is 7.23. The minimum atomic E-state index is 0.508. The normalized spacial score (nSPS) is 31.0. The van der Waals surface area contributed by atoms with Gasteiger partial charge in [0.15, 0.2) is 5.96 Å². The summed E-state index contributed by atoms with van der Waals surface area (Å²) in [6.07, 6.45) is 5.50. The van der Waals surface area contributed by atoms with E-state index in [0.717, 1.165) is 56.8 Å². The van der Waals surface area contributed by atoms with Crippen molar-refractivity contribution in [2.24, 2.45) is 16.8 Å². The van der Waals surface area contributed by atoms with Crippen LogP contribution in [-0.4, -0.2) is 54.2 Å². The lowest BCUT2D eigenvalue weighted by Gasteiger charge is -2.23. The maximum absolute atomic E-state index is 6.10. The number of guanidine groups is 1. The number of nitrogens with one attached hydrogen (secondary N) is 1. The second-order valence-electron chi connectivity index (χ2n) is 7.47. The van der Waals surface area contributed by atoms with E-state index in [2.05, 4.69) is 31.0 Å². The molecule has 3 aliphatic rings. The van der Waals surface area contributed by atoms with Gasteiger partial charge in [0, 0.05) is 49.3 Å². The molecule has 3 aliphatic heterocycles. The summed E-state index contributed by atoms with van der Waals surface area (Å²) in [5, 5.41) is 4.72. The molecule has 0 radical (unpaired) electrons. The van der Waals surface area contributed by atoms with Crippen LogP contribution in [0.15, 0.2) is 4.99 Å². The van der Waals surface area contributed by atoms with Crippen LogP contribution >= 0.6 is 11.3 Å². The van der Waals surface area contributed by atoms with Crippen molar-refractivity contribution in [2.45, 2.75) is 58.7 Å². The van der Waals surface area contributed by atoms with Crippen LogP contribution < -0.4 is 5.32 Å². The van der Waals surface area contributed by atoms with Crippen LogP contribution in [-0.2, 0) is 17.6 Å². The Morgan fingerprint density at radius 3 is 2.60 bits per heavy atom. The number of aryl methyl sites for hydroxylation is 2. The molecule has 2 bridgehead atoms. The van der Waals surface area contributed by atoms with Crippen LogP contribution in [0.3, 0.4) is 0 Å². The number of rotatable bonds is 5. The SMILES string of the molecule is CCNC(=NCCc1nc(CC)c(C)s1)N1CC2C3CCC(O3)C2C1. The Morgan fingerprint density at radius 1 is 1.28 bits per heavy atom. The van der Waals surface area contributed by atoms with E-state index in [0.29, 0.717) is 12.2 Å². The summed E-state index contributed by atoms with van der Waals surface area (Å²) in [5.41, 5.74) is 1.25. The first-order valence-corrected chi connectivity index (χ1v) is 10.6. The Bertz CT molecular complexity index is 625. The molecular weight excluding hydrogens is 332 g/mol. The second-order valence-corrected chi connectivity index (χ2v) is 8.76. The average molecular weight is 363 g/mol.